The van der Waals surface area contributed by atoms with Crippen LogP contribution in [0.1, 0.15) is 104 Å². The largest absolute Gasteiger partial charge is 1.00 e. The number of aromatic carboxylic acids is 1. The quantitative estimate of drug-likeness (QED) is 0.0496. The molecule has 514 valence electrons. The molecule has 3 aromatic heterocycles. The van der Waals surface area contributed by atoms with Gasteiger partial charge in [0.25, 0.3) is 11.8 Å². The van der Waals surface area contributed by atoms with Crippen molar-refractivity contribution in [2.75, 3.05) is 32.7 Å². The van der Waals surface area contributed by atoms with Crippen LogP contribution in [0.4, 0.5) is 57.7 Å². The normalized spacial score (nSPS) is 10.7. The molecule has 3 heterocycles. The number of hydrogen-bond donors (Lipinski definition) is 7. The average molecular weight is 1460 g/mol. The summed E-state index contributed by atoms with van der Waals surface area (Å²) in [5.74, 6) is -2.01. The molecule has 0 aliphatic rings. The van der Waals surface area contributed by atoms with Crippen molar-refractivity contribution in [1.82, 2.24) is 28.7 Å². The van der Waals surface area contributed by atoms with Gasteiger partial charge in [-0.3, -0.25) is 44.6 Å². The summed E-state index contributed by atoms with van der Waals surface area (Å²) in [6.07, 6.45) is -1.07. The monoisotopic (exact) mass is 1460 g/mol. The molecule has 0 atom stereocenters. The van der Waals surface area contributed by atoms with Gasteiger partial charge in [0.15, 0.2) is 0 Å². The number of benzene rings is 9. The Bertz CT molecular complexity index is 4850. The van der Waals surface area contributed by atoms with Gasteiger partial charge in [-0.15, -0.1) is 0 Å². The zero-order valence-corrected chi connectivity index (χ0v) is 56.4. The summed E-state index contributed by atoms with van der Waals surface area (Å²) in [5.41, 5.74) is 23.7. The van der Waals surface area contributed by atoms with Crippen molar-refractivity contribution >= 4 is 98.0 Å². The van der Waals surface area contributed by atoms with Crippen LogP contribution in [0.15, 0.2) is 200 Å². The Morgan fingerprint density at radius 2 is 0.758 bits per heavy atom. The number of nitrogen functional groups attached to an aromatic ring is 2. The van der Waals surface area contributed by atoms with Crippen molar-refractivity contribution in [3.8, 4) is 17.1 Å². The number of fused-ring (bicyclic) bond motifs is 3. The Hall–Kier alpha value is -11.5. The first-order valence-electron chi connectivity index (χ1n) is 30.0. The molecule has 0 radical (unpaired) electrons. The van der Waals surface area contributed by atoms with Crippen LogP contribution in [-0.2, 0) is 9.47 Å². The van der Waals surface area contributed by atoms with E-state index in [0.29, 0.717) is 57.2 Å². The molecule has 0 saturated carbocycles. The van der Waals surface area contributed by atoms with E-state index in [1.807, 2.05) is 148 Å². The summed E-state index contributed by atoms with van der Waals surface area (Å²) in [4.78, 5) is 73.4. The number of rotatable bonds is 10. The van der Waals surface area contributed by atoms with Crippen molar-refractivity contribution < 1.29 is 75.7 Å². The van der Waals surface area contributed by atoms with Crippen molar-refractivity contribution in [2.45, 2.75) is 88.4 Å². The van der Waals surface area contributed by atoms with Crippen LogP contribution in [-0.4, -0.2) is 74.9 Å². The molecule has 4 amide bonds. The first-order valence-corrected chi connectivity index (χ1v) is 30.0. The summed E-state index contributed by atoms with van der Waals surface area (Å²) in [5, 5.41) is 19.5. The van der Waals surface area contributed by atoms with Gasteiger partial charge in [-0.05, 0) is 243 Å². The highest BCUT2D eigenvalue weighted by Gasteiger charge is 2.22. The van der Waals surface area contributed by atoms with Crippen LogP contribution in [0.5, 0.6) is 0 Å². The van der Waals surface area contributed by atoms with Gasteiger partial charge in [0.05, 0.1) is 55.7 Å². The Morgan fingerprint density at radius 1 is 0.424 bits per heavy atom. The van der Waals surface area contributed by atoms with Crippen LogP contribution < -0.4 is 56.7 Å². The number of carboxylic acid groups (broad SMARTS) is 1. The van der Waals surface area contributed by atoms with Crippen molar-refractivity contribution in [3.63, 3.8) is 0 Å². The number of carboxylic acids is 1. The summed E-state index contributed by atoms with van der Waals surface area (Å²) < 4.78 is 54.7. The molecular formula is C75H77F3IN12O8-. The molecule has 9 aromatic carbocycles. The van der Waals surface area contributed by atoms with E-state index in [0.717, 1.165) is 67.8 Å². The maximum atomic E-state index is 13.3. The third-order valence-corrected chi connectivity index (χ3v) is 13.8. The molecule has 20 nitrogen and oxygen atoms in total. The second-order valence-corrected chi connectivity index (χ2v) is 24.0. The van der Waals surface area contributed by atoms with Gasteiger partial charge >= 0.3 is 18.2 Å². The number of hydrogen-bond acceptors (Lipinski definition) is 12. The van der Waals surface area contributed by atoms with E-state index in [9.17, 15) is 37.1 Å². The minimum absolute atomic E-state index is 0. The first-order chi connectivity index (χ1) is 45.5. The van der Waals surface area contributed by atoms with E-state index < -0.39 is 52.7 Å². The van der Waals surface area contributed by atoms with Crippen molar-refractivity contribution in [2.24, 2.45) is 0 Å². The van der Waals surface area contributed by atoms with E-state index >= 15 is 0 Å². The number of imidazole rings is 3. The van der Waals surface area contributed by atoms with Crippen LogP contribution in [0, 0.1) is 38.2 Å². The number of anilines is 6. The molecule has 0 saturated heterocycles. The Balaban J connectivity index is 0.000000217. The highest BCUT2D eigenvalue weighted by Crippen LogP contribution is 2.31. The summed E-state index contributed by atoms with van der Waals surface area (Å²) in [7, 11) is 0. The van der Waals surface area contributed by atoms with Crippen LogP contribution in [0.25, 0.3) is 50.2 Å². The number of aromatic nitrogens is 6. The fourth-order valence-electron chi connectivity index (χ4n) is 9.65. The number of aryl methyl sites for hydroxylation is 3. The lowest BCUT2D eigenvalue weighted by atomic mass is 10.2. The van der Waals surface area contributed by atoms with Crippen LogP contribution >= 0.6 is 0 Å². The number of nitrogens with one attached hydrogen (secondary N) is 4. The van der Waals surface area contributed by atoms with E-state index in [2.05, 4.69) is 36.2 Å². The predicted octanol–water partition coefficient (Wildman–Crippen LogP) is 14.4. The average Bonchev–Trinajstić information content (AvgIpc) is 1.67. The molecule has 12 aromatic rings. The fourth-order valence-corrected chi connectivity index (χ4v) is 9.65. The maximum absolute atomic E-state index is 13.3. The summed E-state index contributed by atoms with van der Waals surface area (Å²) in [6.45, 7) is 16.8. The Morgan fingerprint density at radius 3 is 1.12 bits per heavy atom. The zero-order valence-electron chi connectivity index (χ0n) is 54.2. The van der Waals surface area contributed by atoms with Crippen molar-refractivity contribution in [3.05, 3.63) is 251 Å². The molecule has 9 N–H and O–H groups in total. The number of nitrogens with two attached hydrogens (primary N) is 2. The highest BCUT2D eigenvalue weighted by molar-refractivity contribution is 6.05. The predicted molar refractivity (Wildman–Crippen MR) is 381 cm³/mol. The fraction of sp³-hybridized carbons (Fsp3) is 0.173. The van der Waals surface area contributed by atoms with Gasteiger partial charge in [-0.25, -0.2) is 42.5 Å². The van der Waals surface area contributed by atoms with E-state index in [1.54, 1.807) is 55.7 Å². The molecule has 24 heteroatoms. The van der Waals surface area contributed by atoms with Gasteiger partial charge in [-0.2, -0.15) is 0 Å². The molecule has 0 bridgehead atoms. The third kappa shape index (κ3) is 20.5. The smallest absolute Gasteiger partial charge is 0.412 e. The molecule has 0 fully saturated rings. The second-order valence-electron chi connectivity index (χ2n) is 24.0. The zero-order chi connectivity index (χ0) is 69.2. The van der Waals surface area contributed by atoms with Gasteiger partial charge in [0.2, 0.25) is 17.8 Å². The number of nitrogens with zero attached hydrogens (tertiary/aromatic N) is 6. The van der Waals surface area contributed by atoms with Gasteiger partial charge in [-0.1, -0.05) is 51.3 Å². The van der Waals surface area contributed by atoms with Gasteiger partial charge in [0, 0.05) is 28.2 Å². The van der Waals surface area contributed by atoms with Crippen LogP contribution in [0.3, 0.4) is 0 Å². The number of ether oxygens (including phenoxy) is 2. The number of halogens is 4. The van der Waals surface area contributed by atoms with Crippen molar-refractivity contribution in [1.29, 1.82) is 0 Å². The first kappa shape index (κ1) is 76.5. The minimum atomic E-state index is -1.04. The van der Waals surface area contributed by atoms with Gasteiger partial charge < -0.3 is 50.0 Å². The Kier molecular flexibility index (Phi) is 25.4. The molecule has 0 unspecified atom stereocenters. The second kappa shape index (κ2) is 32.9. The highest BCUT2D eigenvalue weighted by atomic mass is 127. The van der Waals surface area contributed by atoms with Crippen LogP contribution in [0.2, 0.25) is 0 Å². The summed E-state index contributed by atoms with van der Waals surface area (Å²) >= 11 is 0. The Labute approximate surface area is 588 Å². The van der Waals surface area contributed by atoms with E-state index in [1.165, 1.54) is 60.7 Å². The van der Waals surface area contributed by atoms with Gasteiger partial charge in [0.1, 0.15) is 28.7 Å². The number of carbonyl (C=O) groups is 5. The number of amides is 4. The molecule has 0 spiro atoms. The minimum Gasteiger partial charge on any atom is -1.00 e. The SMILES string of the molecule is C.C.Cc1ccc2c(c1)nc(N)n2-c1cccc(NC(=O)OC(C)(C)C)c1.Cc1ccc2c(c1)nc(NC(=O)c1ccc(F)cc1)n2-c1cccc(N)c1.Cc1ccc2c(c1)nc(NC(=O)c1ccc(F)cc1)n2-c1cccc(NC(=O)OC(C)(C)C)c1.O=C(O)c1ccc(F)cc1.[I-]. The maximum Gasteiger partial charge on any atom is 0.412 e. The molecular weight excluding hydrogens is 1380 g/mol. The molecule has 0 aliphatic heterocycles. The lowest BCUT2D eigenvalue weighted by Crippen LogP contribution is -3.00. The lowest BCUT2D eigenvalue weighted by molar-refractivity contribution is -0.0000838. The lowest BCUT2D eigenvalue weighted by Gasteiger charge is -2.20. The number of carbonyl (C=O) groups excluding carboxylic acids is 4. The third-order valence-electron chi connectivity index (χ3n) is 13.8. The molecule has 99 heavy (non-hydrogen) atoms. The molecule has 0 aliphatic carbocycles. The summed E-state index contributed by atoms with van der Waals surface area (Å²) in [6, 6.07) is 54.9. The van der Waals surface area contributed by atoms with E-state index in [4.69, 9.17) is 26.0 Å². The topological polar surface area (TPSA) is 278 Å². The van der Waals surface area contributed by atoms with E-state index in [-0.39, 0.29) is 50.3 Å². The standard InChI is InChI=1S/C26H25FN4O3.C21H17FN4O.C19H22N4O2.C7H5FO2.2CH4.HI/c1-16-8-13-22-21(14-16)29-24(30-23(32)17-9-11-18(27)12-10-17)31(22)20-7-5-6-19(15-20)28-25(33)34-26(2,3)4;1-13-5-10-19-18(11-13)24-21(26(19)17-4-2-3-16(23)12-17)25-20(27)14-6-8-15(22)9-7-14;1-12-8-9-16-15(10-12)22-17(20)23(16)14-7-5-6-13(11-14)21-18(24)25-19(2,3)4;8-6-3-1-5(2-4-6)7(9)10;;;/h5-15H,1-4H3,(H,28,33)(H,29,30,32);2-12H,23H2,1H3,(H,24,25,27);5-11H,1-4H3,(H2,20,22)(H,21,24);1-4H,(H,9,10);2*1H4;1H/p-1. The molecule has 12 rings (SSSR count).